The van der Waals surface area contributed by atoms with Gasteiger partial charge in [-0.3, -0.25) is 0 Å². The predicted molar refractivity (Wildman–Crippen MR) is 112 cm³/mol. The predicted octanol–water partition coefficient (Wildman–Crippen LogP) is 4.79. The normalized spacial score (nSPS) is 11.3. The summed E-state index contributed by atoms with van der Waals surface area (Å²) in [5.74, 6) is -1.10. The fraction of sp³-hybridized carbons (Fsp3) is 0.100. The van der Waals surface area contributed by atoms with E-state index in [2.05, 4.69) is 4.98 Å². The first-order valence-corrected chi connectivity index (χ1v) is 10.6. The Morgan fingerprint density at radius 1 is 1.10 bits per heavy atom. The molecule has 2 aromatic carbocycles. The van der Waals surface area contributed by atoms with Crippen molar-refractivity contribution in [3.05, 3.63) is 87.5 Å². The highest BCUT2D eigenvalue weighted by atomic mass is 35.5. The number of sulfonamides is 1. The Kier molecular flexibility index (Phi) is 6.12. The van der Waals surface area contributed by atoms with Gasteiger partial charge in [-0.15, -0.1) is 0 Å². The molecule has 3 aromatic rings. The van der Waals surface area contributed by atoms with Crippen LogP contribution in [-0.2, 0) is 16.6 Å². The number of nitrogens with zero attached hydrogens (tertiary/aromatic N) is 2. The number of halogens is 2. The van der Waals surface area contributed by atoms with Crippen molar-refractivity contribution in [3.63, 3.8) is 0 Å². The lowest BCUT2D eigenvalue weighted by atomic mass is 10.1. The lowest BCUT2D eigenvalue weighted by molar-refractivity contribution is 0.0696. The summed E-state index contributed by atoms with van der Waals surface area (Å²) in [6, 6.07) is 14.2. The summed E-state index contributed by atoms with van der Waals surface area (Å²) in [5.41, 5.74) is 1.08. The maximum absolute atomic E-state index is 13.5. The molecule has 29 heavy (non-hydrogen) atoms. The molecule has 0 saturated carbocycles. The first-order chi connectivity index (χ1) is 13.7. The quantitative estimate of drug-likeness (QED) is 0.582. The van der Waals surface area contributed by atoms with Crippen molar-refractivity contribution in [1.29, 1.82) is 0 Å². The van der Waals surface area contributed by atoms with Gasteiger partial charge in [-0.25, -0.2) is 22.5 Å². The zero-order valence-corrected chi connectivity index (χ0v) is 17.5. The number of benzene rings is 2. The number of carboxylic acid groups (broad SMARTS) is 1. The number of carboxylic acids is 1. The third kappa shape index (κ3) is 4.53. The van der Waals surface area contributed by atoms with E-state index in [9.17, 15) is 18.3 Å². The van der Waals surface area contributed by atoms with Crippen LogP contribution < -0.4 is 4.31 Å². The van der Waals surface area contributed by atoms with Crippen LogP contribution in [-0.4, -0.2) is 24.5 Å². The van der Waals surface area contributed by atoms with E-state index in [0.717, 1.165) is 9.87 Å². The van der Waals surface area contributed by atoms with Gasteiger partial charge in [0.2, 0.25) is 0 Å². The standard InChI is InChI=1S/C20H16Cl2N2O4S/c1-13-9-16(7-8-17(13)20(25)26)29(27,28)24(12-14-5-3-2-4-6-14)19-18(22)10-15(21)11-23-19/h2-11H,12H2,1H3,(H,25,26). The fourth-order valence-corrected chi connectivity index (χ4v) is 4.82. The Labute approximate surface area is 178 Å². The van der Waals surface area contributed by atoms with Crippen molar-refractivity contribution in [2.75, 3.05) is 4.31 Å². The molecule has 0 bridgehead atoms. The third-order valence-corrected chi connectivity index (χ3v) is 6.43. The Morgan fingerprint density at radius 3 is 2.38 bits per heavy atom. The molecule has 0 aliphatic heterocycles. The van der Waals surface area contributed by atoms with E-state index in [-0.39, 0.29) is 32.9 Å². The first kappa shape index (κ1) is 21.1. The van der Waals surface area contributed by atoms with Crippen LogP contribution in [0.1, 0.15) is 21.5 Å². The number of aromatic carboxylic acids is 1. The molecule has 9 heteroatoms. The zero-order chi connectivity index (χ0) is 21.2. The summed E-state index contributed by atoms with van der Waals surface area (Å²) in [7, 11) is -4.10. The van der Waals surface area contributed by atoms with Gasteiger partial charge < -0.3 is 5.11 Å². The van der Waals surface area contributed by atoms with Gasteiger partial charge in [0.05, 0.1) is 27.0 Å². The van der Waals surface area contributed by atoms with Gasteiger partial charge in [-0.05, 0) is 42.3 Å². The highest BCUT2D eigenvalue weighted by Gasteiger charge is 2.29. The largest absolute Gasteiger partial charge is 0.478 e. The molecule has 1 N–H and O–H groups in total. The molecule has 150 valence electrons. The SMILES string of the molecule is Cc1cc(S(=O)(=O)N(Cc2ccccc2)c2ncc(Cl)cc2Cl)ccc1C(=O)O. The second kappa shape index (κ2) is 8.41. The average molecular weight is 451 g/mol. The van der Waals surface area contributed by atoms with E-state index in [1.807, 2.05) is 6.07 Å². The van der Waals surface area contributed by atoms with Crippen LogP contribution in [0.2, 0.25) is 10.0 Å². The maximum Gasteiger partial charge on any atom is 0.335 e. The number of hydrogen-bond acceptors (Lipinski definition) is 4. The van der Waals surface area contributed by atoms with Gasteiger partial charge in [0.15, 0.2) is 5.82 Å². The molecule has 0 radical (unpaired) electrons. The molecule has 0 saturated heterocycles. The Hall–Kier alpha value is -2.61. The fourth-order valence-electron chi connectivity index (χ4n) is 2.78. The van der Waals surface area contributed by atoms with Gasteiger partial charge in [-0.2, -0.15) is 0 Å². The lowest BCUT2D eigenvalue weighted by Gasteiger charge is -2.25. The molecule has 1 heterocycles. The van der Waals surface area contributed by atoms with E-state index in [1.54, 1.807) is 24.3 Å². The summed E-state index contributed by atoms with van der Waals surface area (Å²) < 4.78 is 28.0. The molecular formula is C20H16Cl2N2O4S. The number of carbonyl (C=O) groups is 1. The highest BCUT2D eigenvalue weighted by Crippen LogP contribution is 2.32. The molecule has 0 spiro atoms. The zero-order valence-electron chi connectivity index (χ0n) is 15.2. The van der Waals surface area contributed by atoms with E-state index in [1.165, 1.54) is 37.4 Å². The minimum absolute atomic E-state index is 0.0166. The van der Waals surface area contributed by atoms with Crippen LogP contribution >= 0.6 is 23.2 Å². The van der Waals surface area contributed by atoms with Crippen molar-refractivity contribution < 1.29 is 18.3 Å². The molecule has 1 aromatic heterocycles. The Morgan fingerprint density at radius 2 is 1.79 bits per heavy atom. The minimum Gasteiger partial charge on any atom is -0.478 e. The van der Waals surface area contributed by atoms with Crippen LogP contribution in [0.3, 0.4) is 0 Å². The van der Waals surface area contributed by atoms with Gasteiger partial charge in [0, 0.05) is 6.20 Å². The van der Waals surface area contributed by atoms with Crippen molar-refractivity contribution in [2.24, 2.45) is 0 Å². The second-order valence-electron chi connectivity index (χ2n) is 6.24. The average Bonchev–Trinajstić information content (AvgIpc) is 2.67. The first-order valence-electron chi connectivity index (χ1n) is 8.42. The molecule has 0 aliphatic carbocycles. The van der Waals surface area contributed by atoms with E-state index in [4.69, 9.17) is 23.2 Å². The minimum atomic E-state index is -4.10. The summed E-state index contributed by atoms with van der Waals surface area (Å²) >= 11 is 12.2. The maximum atomic E-state index is 13.5. The monoisotopic (exact) mass is 450 g/mol. The lowest BCUT2D eigenvalue weighted by Crippen LogP contribution is -2.31. The number of aromatic nitrogens is 1. The van der Waals surface area contributed by atoms with Crippen LogP contribution in [0.15, 0.2) is 65.7 Å². The van der Waals surface area contributed by atoms with Crippen molar-refractivity contribution in [2.45, 2.75) is 18.4 Å². The van der Waals surface area contributed by atoms with Crippen LogP contribution in [0, 0.1) is 6.92 Å². The van der Waals surface area contributed by atoms with Crippen molar-refractivity contribution in [3.8, 4) is 0 Å². The molecular weight excluding hydrogens is 435 g/mol. The van der Waals surface area contributed by atoms with Gasteiger partial charge in [0.1, 0.15) is 0 Å². The molecule has 0 unspecified atom stereocenters. The van der Waals surface area contributed by atoms with Crippen LogP contribution in [0.4, 0.5) is 5.82 Å². The Balaban J connectivity index is 2.14. The molecule has 0 aliphatic rings. The molecule has 0 atom stereocenters. The summed E-state index contributed by atoms with van der Waals surface area (Å²) in [6.07, 6.45) is 1.31. The van der Waals surface area contributed by atoms with Gasteiger partial charge >= 0.3 is 5.97 Å². The smallest absolute Gasteiger partial charge is 0.335 e. The topological polar surface area (TPSA) is 87.6 Å². The number of hydrogen-bond donors (Lipinski definition) is 1. The van der Waals surface area contributed by atoms with Crippen molar-refractivity contribution in [1.82, 2.24) is 4.98 Å². The number of rotatable bonds is 6. The van der Waals surface area contributed by atoms with Crippen LogP contribution in [0.25, 0.3) is 0 Å². The summed E-state index contributed by atoms with van der Waals surface area (Å²) in [4.78, 5) is 15.3. The number of anilines is 1. The van der Waals surface area contributed by atoms with E-state index in [0.29, 0.717) is 5.56 Å². The van der Waals surface area contributed by atoms with E-state index >= 15 is 0 Å². The van der Waals surface area contributed by atoms with Gasteiger partial charge in [0.25, 0.3) is 10.0 Å². The molecule has 6 nitrogen and oxygen atoms in total. The molecule has 3 rings (SSSR count). The Bertz CT molecular complexity index is 1170. The second-order valence-corrected chi connectivity index (χ2v) is 8.94. The van der Waals surface area contributed by atoms with Crippen LogP contribution in [0.5, 0.6) is 0 Å². The molecule has 0 fully saturated rings. The number of pyridine rings is 1. The highest BCUT2D eigenvalue weighted by molar-refractivity contribution is 7.92. The molecule has 0 amide bonds. The summed E-state index contributed by atoms with van der Waals surface area (Å²) in [6.45, 7) is 1.52. The van der Waals surface area contributed by atoms with Crippen molar-refractivity contribution >= 4 is 45.0 Å². The van der Waals surface area contributed by atoms with E-state index < -0.39 is 16.0 Å². The number of aryl methyl sites for hydroxylation is 1. The third-order valence-electron chi connectivity index (χ3n) is 4.21. The summed E-state index contributed by atoms with van der Waals surface area (Å²) in [5, 5.41) is 9.56. The van der Waals surface area contributed by atoms with Gasteiger partial charge in [-0.1, -0.05) is 53.5 Å².